The van der Waals surface area contributed by atoms with E-state index in [2.05, 4.69) is 25.4 Å². The number of aromatic nitrogens is 3. The molecular formula is C15H20ClN5. The number of aromatic amines is 1. The largest absolute Gasteiger partial charge is 0.339 e. The highest BCUT2D eigenvalue weighted by molar-refractivity contribution is 6.31. The highest BCUT2D eigenvalue weighted by Gasteiger charge is 2.21. The Kier molecular flexibility index (Phi) is 4.12. The molecular weight excluding hydrogens is 286 g/mol. The molecule has 0 spiro atoms. The van der Waals surface area contributed by atoms with Gasteiger partial charge in [-0.05, 0) is 50.6 Å². The Hall–Kier alpha value is -1.59. The fourth-order valence-electron chi connectivity index (χ4n) is 2.68. The van der Waals surface area contributed by atoms with Crippen LogP contribution in [-0.4, -0.2) is 41.4 Å². The lowest BCUT2D eigenvalue weighted by atomic mass is 10.1. The third kappa shape index (κ3) is 3.04. The fourth-order valence-corrected chi connectivity index (χ4v) is 2.80. The zero-order valence-electron chi connectivity index (χ0n) is 12.4. The minimum Gasteiger partial charge on any atom is -0.339 e. The van der Waals surface area contributed by atoms with E-state index in [0.717, 1.165) is 53.9 Å². The summed E-state index contributed by atoms with van der Waals surface area (Å²) < 4.78 is 0. The first-order chi connectivity index (χ1) is 10.2. The molecule has 0 saturated carbocycles. The molecule has 1 aliphatic heterocycles. The molecule has 3 rings (SSSR count). The Morgan fingerprint density at radius 2 is 2.10 bits per heavy atom. The molecule has 2 aromatic rings. The normalized spacial score (nSPS) is 16.4. The number of aryl methyl sites for hydroxylation is 1. The first-order valence-corrected chi connectivity index (χ1v) is 7.66. The lowest BCUT2D eigenvalue weighted by molar-refractivity contribution is 0.439. The molecule has 2 heterocycles. The van der Waals surface area contributed by atoms with Gasteiger partial charge in [0.05, 0.1) is 0 Å². The number of nitrogens with one attached hydrogen (secondary N) is 2. The Labute approximate surface area is 129 Å². The monoisotopic (exact) mass is 305 g/mol. The van der Waals surface area contributed by atoms with Crippen LogP contribution in [0.1, 0.15) is 18.4 Å². The fraction of sp³-hybridized carbons (Fsp3) is 0.467. The molecule has 0 atom stereocenters. The Morgan fingerprint density at radius 1 is 1.33 bits per heavy atom. The number of hydrogen-bond donors (Lipinski definition) is 2. The second-order valence-electron chi connectivity index (χ2n) is 5.50. The Bertz CT molecular complexity index is 616. The zero-order chi connectivity index (χ0) is 14.8. The number of anilines is 1. The van der Waals surface area contributed by atoms with E-state index in [1.165, 1.54) is 0 Å². The van der Waals surface area contributed by atoms with E-state index in [-0.39, 0.29) is 0 Å². The zero-order valence-corrected chi connectivity index (χ0v) is 13.1. The van der Waals surface area contributed by atoms with Crippen molar-refractivity contribution in [2.24, 2.45) is 0 Å². The van der Waals surface area contributed by atoms with E-state index in [9.17, 15) is 0 Å². The molecule has 2 N–H and O–H groups in total. The van der Waals surface area contributed by atoms with E-state index < -0.39 is 0 Å². The van der Waals surface area contributed by atoms with E-state index in [1.807, 2.05) is 32.2 Å². The number of halogens is 1. The molecule has 1 aromatic heterocycles. The van der Waals surface area contributed by atoms with Gasteiger partial charge in [0, 0.05) is 29.7 Å². The molecule has 1 fully saturated rings. The van der Waals surface area contributed by atoms with Crippen LogP contribution in [0, 0.1) is 6.92 Å². The number of hydrogen-bond acceptors (Lipinski definition) is 4. The van der Waals surface area contributed by atoms with Crippen LogP contribution in [0.25, 0.3) is 11.4 Å². The molecule has 112 valence electrons. The van der Waals surface area contributed by atoms with E-state index in [1.54, 1.807) is 0 Å². The lowest BCUT2D eigenvalue weighted by Crippen LogP contribution is -2.41. The SMILES string of the molecule is CNC1CCN(c2n[nH]c(-c3ccc(Cl)c(C)c3)n2)CC1. The van der Waals surface area contributed by atoms with Crippen molar-refractivity contribution in [2.45, 2.75) is 25.8 Å². The topological polar surface area (TPSA) is 56.8 Å². The van der Waals surface area contributed by atoms with E-state index in [0.29, 0.717) is 6.04 Å². The Balaban J connectivity index is 1.76. The maximum absolute atomic E-state index is 6.06. The van der Waals surface area contributed by atoms with Crippen molar-refractivity contribution in [1.29, 1.82) is 0 Å². The van der Waals surface area contributed by atoms with Crippen LogP contribution < -0.4 is 10.2 Å². The second-order valence-corrected chi connectivity index (χ2v) is 5.91. The molecule has 0 amide bonds. The minimum atomic E-state index is 0.610. The molecule has 0 aliphatic carbocycles. The molecule has 0 radical (unpaired) electrons. The second kappa shape index (κ2) is 6.03. The molecule has 0 bridgehead atoms. The van der Waals surface area contributed by atoms with Gasteiger partial charge < -0.3 is 10.2 Å². The van der Waals surface area contributed by atoms with Gasteiger partial charge in [-0.25, -0.2) is 0 Å². The van der Waals surface area contributed by atoms with Gasteiger partial charge in [0.2, 0.25) is 5.95 Å². The van der Waals surface area contributed by atoms with Crippen LogP contribution in [0.5, 0.6) is 0 Å². The summed E-state index contributed by atoms with van der Waals surface area (Å²) in [4.78, 5) is 6.85. The van der Waals surface area contributed by atoms with Crippen molar-refractivity contribution in [3.63, 3.8) is 0 Å². The van der Waals surface area contributed by atoms with Crippen molar-refractivity contribution >= 4 is 17.5 Å². The number of piperidine rings is 1. The average Bonchev–Trinajstić information content (AvgIpc) is 3.00. The van der Waals surface area contributed by atoms with Crippen LogP contribution >= 0.6 is 11.6 Å². The number of nitrogens with zero attached hydrogens (tertiary/aromatic N) is 3. The van der Waals surface area contributed by atoms with Crippen molar-refractivity contribution in [2.75, 3.05) is 25.0 Å². The van der Waals surface area contributed by atoms with Gasteiger partial charge in [-0.3, -0.25) is 5.10 Å². The molecule has 1 saturated heterocycles. The molecule has 1 aromatic carbocycles. The molecule has 21 heavy (non-hydrogen) atoms. The summed E-state index contributed by atoms with van der Waals surface area (Å²) in [6.45, 7) is 3.97. The van der Waals surface area contributed by atoms with Gasteiger partial charge in [0.25, 0.3) is 0 Å². The molecule has 0 unspecified atom stereocenters. The number of benzene rings is 1. The predicted octanol–water partition coefficient (Wildman–Crippen LogP) is 2.62. The lowest BCUT2D eigenvalue weighted by Gasteiger charge is -2.30. The van der Waals surface area contributed by atoms with Crippen LogP contribution in [0.15, 0.2) is 18.2 Å². The third-order valence-corrected chi connectivity index (χ3v) is 4.52. The maximum Gasteiger partial charge on any atom is 0.245 e. The van der Waals surface area contributed by atoms with Crippen molar-refractivity contribution in [3.8, 4) is 11.4 Å². The van der Waals surface area contributed by atoms with Gasteiger partial charge in [-0.15, -0.1) is 5.10 Å². The average molecular weight is 306 g/mol. The van der Waals surface area contributed by atoms with Gasteiger partial charge in [0.15, 0.2) is 5.82 Å². The highest BCUT2D eigenvalue weighted by atomic mass is 35.5. The molecule has 6 heteroatoms. The first-order valence-electron chi connectivity index (χ1n) is 7.28. The summed E-state index contributed by atoms with van der Waals surface area (Å²) in [6.07, 6.45) is 2.25. The van der Waals surface area contributed by atoms with Gasteiger partial charge in [-0.1, -0.05) is 11.6 Å². The quantitative estimate of drug-likeness (QED) is 0.915. The van der Waals surface area contributed by atoms with Crippen molar-refractivity contribution in [1.82, 2.24) is 20.5 Å². The Morgan fingerprint density at radius 3 is 2.76 bits per heavy atom. The van der Waals surface area contributed by atoms with Crippen LogP contribution in [0.4, 0.5) is 5.95 Å². The van der Waals surface area contributed by atoms with Crippen LogP contribution in [0.2, 0.25) is 5.02 Å². The summed E-state index contributed by atoms with van der Waals surface area (Å²) in [5.74, 6) is 1.58. The maximum atomic E-state index is 6.06. The summed E-state index contributed by atoms with van der Waals surface area (Å²) in [6, 6.07) is 6.50. The predicted molar refractivity (Wildman–Crippen MR) is 85.9 cm³/mol. The number of H-pyrrole nitrogens is 1. The van der Waals surface area contributed by atoms with Crippen molar-refractivity contribution in [3.05, 3.63) is 28.8 Å². The molecule has 1 aliphatic rings. The minimum absolute atomic E-state index is 0.610. The van der Waals surface area contributed by atoms with Crippen molar-refractivity contribution < 1.29 is 0 Å². The van der Waals surface area contributed by atoms with E-state index >= 15 is 0 Å². The standard InChI is InChI=1S/C15H20ClN5/c1-10-9-11(3-4-13(10)16)14-18-15(20-19-14)21-7-5-12(17-2)6-8-21/h3-4,9,12,17H,5-8H2,1-2H3,(H,18,19,20). The first kappa shape index (κ1) is 14.4. The van der Waals surface area contributed by atoms with Crippen LogP contribution in [0.3, 0.4) is 0 Å². The number of rotatable bonds is 3. The summed E-state index contributed by atoms with van der Waals surface area (Å²) >= 11 is 6.06. The highest BCUT2D eigenvalue weighted by Crippen LogP contribution is 2.24. The third-order valence-electron chi connectivity index (χ3n) is 4.09. The molecule has 5 nitrogen and oxygen atoms in total. The van der Waals surface area contributed by atoms with Gasteiger partial charge in [0.1, 0.15) is 0 Å². The summed E-state index contributed by atoms with van der Waals surface area (Å²) in [5, 5.41) is 11.5. The summed E-state index contributed by atoms with van der Waals surface area (Å²) in [7, 11) is 2.02. The smallest absolute Gasteiger partial charge is 0.245 e. The van der Waals surface area contributed by atoms with E-state index in [4.69, 9.17) is 11.6 Å². The van der Waals surface area contributed by atoms with Gasteiger partial charge in [-0.2, -0.15) is 4.98 Å². The summed E-state index contributed by atoms with van der Waals surface area (Å²) in [5.41, 5.74) is 2.06. The van der Waals surface area contributed by atoms with Gasteiger partial charge >= 0.3 is 0 Å². The van der Waals surface area contributed by atoms with Crippen LogP contribution in [-0.2, 0) is 0 Å².